The Morgan fingerprint density at radius 2 is 1.89 bits per heavy atom. The summed E-state index contributed by atoms with van der Waals surface area (Å²) in [6.07, 6.45) is 2.90. The maximum Gasteiger partial charge on any atom is 0.324 e. The van der Waals surface area contributed by atoms with Crippen LogP contribution < -0.4 is 5.32 Å². The molecule has 0 aliphatic carbocycles. The Balaban J connectivity index is 1.55. The van der Waals surface area contributed by atoms with Gasteiger partial charge in [-0.2, -0.15) is 0 Å². The average molecular weight is 390 g/mol. The van der Waals surface area contributed by atoms with E-state index in [1.807, 2.05) is 42.5 Å². The number of aromatic nitrogens is 2. The van der Waals surface area contributed by atoms with Crippen LogP contribution in [0.3, 0.4) is 0 Å². The Kier molecular flexibility index (Phi) is 4.69. The van der Waals surface area contributed by atoms with Crippen molar-refractivity contribution in [3.63, 3.8) is 0 Å². The fourth-order valence-electron chi connectivity index (χ4n) is 2.74. The number of hydrogen-bond acceptors (Lipinski definition) is 5. The monoisotopic (exact) mass is 390 g/mol. The highest BCUT2D eigenvalue weighted by atomic mass is 32.1. The molecule has 0 aliphatic rings. The predicted molar refractivity (Wildman–Crippen MR) is 110 cm³/mol. The van der Waals surface area contributed by atoms with E-state index in [4.69, 9.17) is 0 Å². The highest BCUT2D eigenvalue weighted by Gasteiger charge is 2.11. The first kappa shape index (κ1) is 17.6. The second-order valence-corrected chi connectivity index (χ2v) is 7.00. The van der Waals surface area contributed by atoms with E-state index in [1.54, 1.807) is 18.2 Å². The van der Waals surface area contributed by atoms with Gasteiger partial charge >= 0.3 is 5.00 Å². The van der Waals surface area contributed by atoms with Gasteiger partial charge in [0, 0.05) is 22.6 Å². The van der Waals surface area contributed by atoms with Crippen LogP contribution in [0.25, 0.3) is 28.5 Å². The molecule has 2 aromatic carbocycles. The Morgan fingerprint density at radius 3 is 2.68 bits per heavy atom. The lowest BCUT2D eigenvalue weighted by molar-refractivity contribution is -0.380. The number of nitro groups is 1. The molecule has 8 heteroatoms. The number of aromatic amines is 1. The summed E-state index contributed by atoms with van der Waals surface area (Å²) >= 11 is 1.01. The lowest BCUT2D eigenvalue weighted by atomic mass is 10.1. The van der Waals surface area contributed by atoms with Gasteiger partial charge in [-0.1, -0.05) is 35.6 Å². The van der Waals surface area contributed by atoms with E-state index in [2.05, 4.69) is 15.3 Å². The van der Waals surface area contributed by atoms with E-state index in [1.165, 1.54) is 12.1 Å². The number of nitrogens with one attached hydrogen (secondary N) is 2. The summed E-state index contributed by atoms with van der Waals surface area (Å²) in [5.74, 6) is 0.328. The zero-order chi connectivity index (χ0) is 19.5. The Labute approximate surface area is 163 Å². The molecule has 4 rings (SSSR count). The van der Waals surface area contributed by atoms with Crippen molar-refractivity contribution in [2.45, 2.75) is 0 Å². The molecular weight excluding hydrogens is 376 g/mol. The number of amides is 1. The number of benzene rings is 2. The summed E-state index contributed by atoms with van der Waals surface area (Å²) in [5, 5.41) is 13.6. The third kappa shape index (κ3) is 3.67. The maximum atomic E-state index is 12.3. The van der Waals surface area contributed by atoms with Crippen LogP contribution >= 0.6 is 11.3 Å². The van der Waals surface area contributed by atoms with Crippen LogP contribution in [-0.4, -0.2) is 20.8 Å². The predicted octanol–water partition coefficient (Wildman–Crippen LogP) is 4.85. The number of H-pyrrole nitrogens is 1. The molecule has 0 saturated carbocycles. The standard InChI is InChI=1S/C20H14N4O3S/c25-18(11-9-13-10-12-19(28-13)24(26)27)21-15-6-2-1-5-14(15)20-22-16-7-3-4-8-17(16)23-20/h1-12H,(H,21,25)(H,22,23). The van der Waals surface area contributed by atoms with Gasteiger partial charge in [-0.05, 0) is 36.4 Å². The van der Waals surface area contributed by atoms with Gasteiger partial charge in [0.05, 0.1) is 21.6 Å². The number of rotatable bonds is 5. The Bertz CT molecular complexity index is 1180. The van der Waals surface area contributed by atoms with Gasteiger partial charge in [-0.25, -0.2) is 4.98 Å². The molecule has 0 saturated heterocycles. The van der Waals surface area contributed by atoms with Crippen LogP contribution in [0.5, 0.6) is 0 Å². The highest BCUT2D eigenvalue weighted by molar-refractivity contribution is 7.16. The molecule has 0 aliphatic heterocycles. The van der Waals surface area contributed by atoms with Crippen molar-refractivity contribution in [2.24, 2.45) is 0 Å². The number of thiophene rings is 1. The van der Waals surface area contributed by atoms with Gasteiger partial charge in [-0.3, -0.25) is 14.9 Å². The molecule has 0 atom stereocenters. The van der Waals surface area contributed by atoms with Crippen LogP contribution in [-0.2, 0) is 4.79 Å². The van der Waals surface area contributed by atoms with Gasteiger partial charge in [-0.15, -0.1) is 0 Å². The molecule has 0 unspecified atom stereocenters. The molecule has 0 radical (unpaired) electrons. The van der Waals surface area contributed by atoms with E-state index in [0.717, 1.165) is 27.9 Å². The molecule has 0 bridgehead atoms. The van der Waals surface area contributed by atoms with Crippen LogP contribution in [0, 0.1) is 10.1 Å². The van der Waals surface area contributed by atoms with E-state index < -0.39 is 4.92 Å². The number of nitrogens with zero attached hydrogens (tertiary/aromatic N) is 2. The summed E-state index contributed by atoms with van der Waals surface area (Å²) in [5.41, 5.74) is 3.15. The first-order valence-electron chi connectivity index (χ1n) is 8.37. The van der Waals surface area contributed by atoms with Gasteiger partial charge in [0.25, 0.3) is 0 Å². The molecular formula is C20H14N4O3S. The minimum atomic E-state index is -0.453. The smallest absolute Gasteiger partial charge is 0.324 e. The molecule has 2 aromatic heterocycles. The number of anilines is 1. The fraction of sp³-hybridized carbons (Fsp3) is 0. The van der Waals surface area contributed by atoms with Gasteiger partial charge in [0.15, 0.2) is 0 Å². The van der Waals surface area contributed by atoms with Crippen molar-refractivity contribution in [2.75, 3.05) is 5.32 Å². The van der Waals surface area contributed by atoms with E-state index in [0.29, 0.717) is 16.4 Å². The van der Waals surface area contributed by atoms with Crippen LogP contribution in [0.1, 0.15) is 4.88 Å². The van der Waals surface area contributed by atoms with Crippen LogP contribution in [0.15, 0.2) is 66.7 Å². The maximum absolute atomic E-state index is 12.3. The third-order valence-electron chi connectivity index (χ3n) is 4.02. The largest absolute Gasteiger partial charge is 0.338 e. The molecule has 4 aromatic rings. The summed E-state index contributed by atoms with van der Waals surface area (Å²) in [6.45, 7) is 0. The van der Waals surface area contributed by atoms with Gasteiger partial charge < -0.3 is 10.3 Å². The van der Waals surface area contributed by atoms with E-state index >= 15 is 0 Å². The number of carbonyl (C=O) groups excluding carboxylic acids is 1. The van der Waals surface area contributed by atoms with E-state index in [9.17, 15) is 14.9 Å². The summed E-state index contributed by atoms with van der Waals surface area (Å²) in [7, 11) is 0. The second kappa shape index (κ2) is 7.45. The molecule has 0 fully saturated rings. The quantitative estimate of drug-likeness (QED) is 0.289. The minimum absolute atomic E-state index is 0.0373. The second-order valence-electron chi connectivity index (χ2n) is 5.90. The fourth-order valence-corrected chi connectivity index (χ4v) is 3.47. The number of imidazole rings is 1. The minimum Gasteiger partial charge on any atom is -0.338 e. The van der Waals surface area contributed by atoms with Gasteiger partial charge in [0.2, 0.25) is 5.91 Å². The average Bonchev–Trinajstić information content (AvgIpc) is 3.34. The molecule has 0 spiro atoms. The van der Waals surface area contributed by atoms with Gasteiger partial charge in [0.1, 0.15) is 5.82 Å². The topological polar surface area (TPSA) is 101 Å². The first-order valence-corrected chi connectivity index (χ1v) is 9.19. The summed E-state index contributed by atoms with van der Waals surface area (Å²) in [6, 6.07) is 18.1. The van der Waals surface area contributed by atoms with Crippen molar-refractivity contribution in [1.29, 1.82) is 0 Å². The number of para-hydroxylation sites is 3. The summed E-state index contributed by atoms with van der Waals surface area (Å²) < 4.78 is 0. The van der Waals surface area contributed by atoms with Crippen LogP contribution in [0.4, 0.5) is 10.7 Å². The SMILES string of the molecule is O=C(C=Cc1ccc([N+](=O)[O-])s1)Nc1ccccc1-c1nc2ccccc2[nH]1. The number of hydrogen-bond donors (Lipinski definition) is 2. The lowest BCUT2D eigenvalue weighted by Crippen LogP contribution is -2.08. The summed E-state index contributed by atoms with van der Waals surface area (Å²) in [4.78, 5) is 31.1. The van der Waals surface area contributed by atoms with E-state index in [-0.39, 0.29) is 10.9 Å². The van der Waals surface area contributed by atoms with Crippen LogP contribution in [0.2, 0.25) is 0 Å². The zero-order valence-electron chi connectivity index (χ0n) is 14.5. The molecule has 2 heterocycles. The Morgan fingerprint density at radius 1 is 1.11 bits per heavy atom. The lowest BCUT2D eigenvalue weighted by Gasteiger charge is -2.07. The molecule has 2 N–H and O–H groups in total. The third-order valence-corrected chi connectivity index (χ3v) is 5.02. The zero-order valence-corrected chi connectivity index (χ0v) is 15.3. The molecule has 1 amide bonds. The molecule has 28 heavy (non-hydrogen) atoms. The number of carbonyl (C=O) groups is 1. The number of fused-ring (bicyclic) bond motifs is 1. The van der Waals surface area contributed by atoms with Crippen molar-refractivity contribution >= 4 is 45.0 Å². The van der Waals surface area contributed by atoms with Crippen molar-refractivity contribution in [3.05, 3.63) is 81.7 Å². The molecule has 138 valence electrons. The van der Waals surface area contributed by atoms with Crippen molar-refractivity contribution in [1.82, 2.24) is 9.97 Å². The molecule has 7 nitrogen and oxygen atoms in total. The van der Waals surface area contributed by atoms with Crippen molar-refractivity contribution in [3.8, 4) is 11.4 Å². The Hall–Kier alpha value is -3.78. The highest BCUT2D eigenvalue weighted by Crippen LogP contribution is 2.28. The van der Waals surface area contributed by atoms with Crippen molar-refractivity contribution < 1.29 is 9.72 Å². The normalized spacial score (nSPS) is 11.1. The first-order chi connectivity index (χ1) is 13.6.